The lowest BCUT2D eigenvalue weighted by molar-refractivity contribution is 0.0891. The smallest absolute Gasteiger partial charge is 0.261 e. The van der Waals surface area contributed by atoms with Crippen LogP contribution in [-0.2, 0) is 12.8 Å². The number of nitrogens with zero attached hydrogens (tertiary/aromatic N) is 1. The van der Waals surface area contributed by atoms with Crippen molar-refractivity contribution in [2.24, 2.45) is 0 Å². The zero-order valence-electron chi connectivity index (χ0n) is 14.7. The van der Waals surface area contributed by atoms with Crippen molar-refractivity contribution < 1.29 is 4.79 Å². The van der Waals surface area contributed by atoms with E-state index >= 15 is 0 Å². The fraction of sp³-hybridized carbons (Fsp3) is 0.750. The lowest BCUT2D eigenvalue weighted by atomic mass is 9.89. The Morgan fingerprint density at radius 2 is 1.75 bits per heavy atom. The first-order chi connectivity index (χ1) is 11.8. The molecule has 0 bridgehead atoms. The average molecular weight is 347 g/mol. The third kappa shape index (κ3) is 3.70. The van der Waals surface area contributed by atoms with E-state index in [0.29, 0.717) is 6.04 Å². The van der Waals surface area contributed by atoms with Crippen molar-refractivity contribution in [1.82, 2.24) is 10.2 Å². The number of hydrogen-bond donors (Lipinski definition) is 1. The fourth-order valence-electron chi connectivity index (χ4n) is 4.73. The molecule has 0 aromatic carbocycles. The zero-order valence-corrected chi connectivity index (χ0v) is 15.5. The van der Waals surface area contributed by atoms with E-state index < -0.39 is 0 Å². The maximum atomic E-state index is 12.6. The van der Waals surface area contributed by atoms with E-state index in [1.165, 1.54) is 81.3 Å². The number of likely N-dealkylation sites (tertiary alicyclic amines) is 1. The van der Waals surface area contributed by atoms with Gasteiger partial charge in [0.2, 0.25) is 0 Å². The summed E-state index contributed by atoms with van der Waals surface area (Å²) in [6.45, 7) is 2.59. The van der Waals surface area contributed by atoms with E-state index in [1.54, 1.807) is 11.3 Å². The van der Waals surface area contributed by atoms with Gasteiger partial charge in [0.1, 0.15) is 0 Å². The zero-order chi connectivity index (χ0) is 16.4. The molecule has 24 heavy (non-hydrogen) atoms. The van der Waals surface area contributed by atoms with Crippen molar-refractivity contribution in [3.63, 3.8) is 0 Å². The molecule has 132 valence electrons. The molecule has 2 heterocycles. The van der Waals surface area contributed by atoms with Gasteiger partial charge in [0.25, 0.3) is 5.91 Å². The van der Waals surface area contributed by atoms with Gasteiger partial charge < -0.3 is 10.2 Å². The second kappa shape index (κ2) is 7.57. The summed E-state index contributed by atoms with van der Waals surface area (Å²) in [5, 5.41) is 3.32. The van der Waals surface area contributed by atoms with Crippen LogP contribution in [0.2, 0.25) is 0 Å². The fourth-order valence-corrected chi connectivity index (χ4v) is 5.88. The van der Waals surface area contributed by atoms with Gasteiger partial charge in [-0.1, -0.05) is 6.42 Å². The maximum absolute atomic E-state index is 12.6. The summed E-state index contributed by atoms with van der Waals surface area (Å²) in [6.07, 6.45) is 13.9. The third-order valence-electron chi connectivity index (χ3n) is 6.16. The van der Waals surface area contributed by atoms with Crippen molar-refractivity contribution in [1.29, 1.82) is 0 Å². The molecule has 0 unspecified atom stereocenters. The molecule has 1 saturated heterocycles. The molecule has 2 fully saturated rings. The highest BCUT2D eigenvalue weighted by Gasteiger charge is 2.28. The Hall–Kier alpha value is -0.870. The van der Waals surface area contributed by atoms with Crippen molar-refractivity contribution in [2.75, 3.05) is 13.1 Å². The number of nitrogens with one attached hydrogen (secondary N) is 1. The van der Waals surface area contributed by atoms with E-state index in [4.69, 9.17) is 0 Å². The Morgan fingerprint density at radius 1 is 1.00 bits per heavy atom. The van der Waals surface area contributed by atoms with Crippen LogP contribution in [0.3, 0.4) is 0 Å². The Bertz CT molecular complexity index is 545. The van der Waals surface area contributed by atoms with Crippen LogP contribution in [0.25, 0.3) is 0 Å². The topological polar surface area (TPSA) is 32.3 Å². The number of piperidine rings is 1. The summed E-state index contributed by atoms with van der Waals surface area (Å²) in [6, 6.07) is 3.32. The Kier molecular flexibility index (Phi) is 5.23. The number of hydrogen-bond acceptors (Lipinski definition) is 3. The summed E-state index contributed by atoms with van der Waals surface area (Å²) in [5.41, 5.74) is 1.44. The van der Waals surface area contributed by atoms with E-state index in [9.17, 15) is 4.79 Å². The van der Waals surface area contributed by atoms with Gasteiger partial charge in [-0.05, 0) is 88.9 Å². The first-order valence-electron chi connectivity index (χ1n) is 9.96. The first-order valence-corrected chi connectivity index (χ1v) is 10.8. The van der Waals surface area contributed by atoms with E-state index in [2.05, 4.69) is 16.3 Å². The van der Waals surface area contributed by atoms with Gasteiger partial charge in [0.15, 0.2) is 0 Å². The van der Waals surface area contributed by atoms with Crippen molar-refractivity contribution in [3.05, 3.63) is 21.4 Å². The van der Waals surface area contributed by atoms with Gasteiger partial charge in [-0.3, -0.25) is 4.79 Å². The molecule has 4 heteroatoms. The van der Waals surface area contributed by atoms with Crippen LogP contribution in [0, 0.1) is 0 Å². The van der Waals surface area contributed by atoms with Crippen molar-refractivity contribution in [2.45, 2.75) is 82.7 Å². The summed E-state index contributed by atoms with van der Waals surface area (Å²) in [7, 11) is 0. The van der Waals surface area contributed by atoms with Gasteiger partial charge in [-0.15, -0.1) is 11.3 Å². The Labute approximate surface area is 149 Å². The average Bonchev–Trinajstić information content (AvgIpc) is 3.07. The highest BCUT2D eigenvalue weighted by molar-refractivity contribution is 7.14. The number of carbonyl (C=O) groups is 1. The van der Waals surface area contributed by atoms with Crippen LogP contribution >= 0.6 is 11.3 Å². The molecule has 1 aromatic heterocycles. The Morgan fingerprint density at radius 3 is 2.50 bits per heavy atom. The standard InChI is InChI=1S/C20H30N2OS/c23-20(19-14-15-6-2-3-7-18(15)24-19)21-16-8-10-17(11-9-16)22-12-4-1-5-13-22/h14,16-17H,1-13H2,(H,21,23). The number of aryl methyl sites for hydroxylation is 2. The predicted octanol–water partition coefficient (Wildman–Crippen LogP) is 4.15. The number of fused-ring (bicyclic) bond motifs is 1. The number of amides is 1. The minimum Gasteiger partial charge on any atom is -0.349 e. The molecular formula is C20H30N2OS. The van der Waals surface area contributed by atoms with Crippen LogP contribution in [0.15, 0.2) is 6.07 Å². The van der Waals surface area contributed by atoms with E-state index in [-0.39, 0.29) is 5.91 Å². The summed E-state index contributed by atoms with van der Waals surface area (Å²) < 4.78 is 0. The van der Waals surface area contributed by atoms with Gasteiger partial charge >= 0.3 is 0 Å². The quantitative estimate of drug-likeness (QED) is 0.891. The minimum absolute atomic E-state index is 0.177. The second-order valence-corrected chi connectivity index (χ2v) is 8.98. The molecule has 2 aliphatic carbocycles. The lowest BCUT2D eigenvalue weighted by Gasteiger charge is -2.39. The van der Waals surface area contributed by atoms with Gasteiger partial charge in [0, 0.05) is 17.0 Å². The van der Waals surface area contributed by atoms with E-state index in [1.807, 2.05) is 0 Å². The molecule has 0 radical (unpaired) electrons. The summed E-state index contributed by atoms with van der Waals surface area (Å²) >= 11 is 1.74. The highest BCUT2D eigenvalue weighted by atomic mass is 32.1. The van der Waals surface area contributed by atoms with Crippen LogP contribution in [0.4, 0.5) is 0 Å². The van der Waals surface area contributed by atoms with E-state index in [0.717, 1.165) is 23.8 Å². The molecule has 3 nitrogen and oxygen atoms in total. The minimum atomic E-state index is 0.177. The molecule has 1 amide bonds. The first kappa shape index (κ1) is 16.6. The number of rotatable bonds is 3. The van der Waals surface area contributed by atoms with Crippen molar-refractivity contribution >= 4 is 17.2 Å². The lowest BCUT2D eigenvalue weighted by Crippen LogP contribution is -2.45. The molecule has 1 N–H and O–H groups in total. The molecule has 3 aliphatic rings. The number of carbonyl (C=O) groups excluding carboxylic acids is 1. The second-order valence-electron chi connectivity index (χ2n) is 7.84. The third-order valence-corrected chi connectivity index (χ3v) is 7.40. The summed E-state index contributed by atoms with van der Waals surface area (Å²) in [5.74, 6) is 0.177. The maximum Gasteiger partial charge on any atom is 0.261 e. The van der Waals surface area contributed by atoms with Crippen LogP contribution in [0.5, 0.6) is 0 Å². The molecule has 1 saturated carbocycles. The number of thiophene rings is 1. The molecule has 0 spiro atoms. The van der Waals surface area contributed by atoms with Crippen LogP contribution in [0.1, 0.15) is 77.9 Å². The SMILES string of the molecule is O=C(NC1CCC(N2CCCCC2)CC1)c1cc2c(s1)CCCC2. The predicted molar refractivity (Wildman–Crippen MR) is 99.9 cm³/mol. The molecule has 1 aliphatic heterocycles. The van der Waals surface area contributed by atoms with Crippen LogP contribution < -0.4 is 5.32 Å². The Balaban J connectivity index is 1.28. The van der Waals surface area contributed by atoms with Gasteiger partial charge in [-0.2, -0.15) is 0 Å². The van der Waals surface area contributed by atoms with Crippen LogP contribution in [-0.4, -0.2) is 36.0 Å². The normalized spacial score (nSPS) is 28.3. The summed E-state index contributed by atoms with van der Waals surface area (Å²) in [4.78, 5) is 17.7. The largest absolute Gasteiger partial charge is 0.349 e. The highest BCUT2D eigenvalue weighted by Crippen LogP contribution is 2.30. The molecule has 4 rings (SSSR count). The molecule has 1 aromatic rings. The van der Waals surface area contributed by atoms with Gasteiger partial charge in [-0.25, -0.2) is 0 Å². The molecule has 0 atom stereocenters. The monoisotopic (exact) mass is 346 g/mol. The molecular weight excluding hydrogens is 316 g/mol. The van der Waals surface area contributed by atoms with Crippen molar-refractivity contribution in [3.8, 4) is 0 Å². The van der Waals surface area contributed by atoms with Gasteiger partial charge in [0.05, 0.1) is 4.88 Å².